The Hall–Kier alpha value is -2.16. The summed E-state index contributed by atoms with van der Waals surface area (Å²) in [5.41, 5.74) is 5.29. The van der Waals surface area contributed by atoms with Crippen LogP contribution in [-0.2, 0) is 19.2 Å². The van der Waals surface area contributed by atoms with Crippen LogP contribution in [0, 0.1) is 5.92 Å². The summed E-state index contributed by atoms with van der Waals surface area (Å²) in [6.07, 6.45) is 1.55. The number of carboxylic acids is 1. The SMILES string of the molecule is CC(C)CC(NC(=O)CN)C(=O)N1CCCC1C(=O)NCC(=O)O. The van der Waals surface area contributed by atoms with Gasteiger partial charge >= 0.3 is 5.97 Å². The maximum Gasteiger partial charge on any atom is 0.322 e. The molecule has 0 spiro atoms. The van der Waals surface area contributed by atoms with Crippen molar-refractivity contribution < 1.29 is 24.3 Å². The highest BCUT2D eigenvalue weighted by molar-refractivity contribution is 5.93. The van der Waals surface area contributed by atoms with E-state index in [-0.39, 0.29) is 18.4 Å². The average molecular weight is 342 g/mol. The van der Waals surface area contributed by atoms with Crippen molar-refractivity contribution in [3.63, 3.8) is 0 Å². The molecule has 5 N–H and O–H groups in total. The predicted molar refractivity (Wildman–Crippen MR) is 85.8 cm³/mol. The summed E-state index contributed by atoms with van der Waals surface area (Å²) in [5.74, 6) is -2.23. The van der Waals surface area contributed by atoms with Gasteiger partial charge in [-0.05, 0) is 25.2 Å². The van der Waals surface area contributed by atoms with E-state index in [9.17, 15) is 19.2 Å². The number of carboxylic acid groups (broad SMARTS) is 1. The van der Waals surface area contributed by atoms with Crippen molar-refractivity contribution in [2.45, 2.75) is 45.2 Å². The fraction of sp³-hybridized carbons (Fsp3) is 0.733. The van der Waals surface area contributed by atoms with Gasteiger partial charge in [0.05, 0.1) is 6.54 Å². The highest BCUT2D eigenvalue weighted by atomic mass is 16.4. The van der Waals surface area contributed by atoms with E-state index in [4.69, 9.17) is 10.8 Å². The lowest BCUT2D eigenvalue weighted by Gasteiger charge is -2.29. The molecule has 2 unspecified atom stereocenters. The second-order valence-corrected chi connectivity index (χ2v) is 6.25. The van der Waals surface area contributed by atoms with Crippen LogP contribution in [0.5, 0.6) is 0 Å². The molecule has 136 valence electrons. The Morgan fingerprint density at radius 1 is 1.29 bits per heavy atom. The fourth-order valence-electron chi connectivity index (χ4n) is 2.73. The summed E-state index contributed by atoms with van der Waals surface area (Å²) >= 11 is 0. The summed E-state index contributed by atoms with van der Waals surface area (Å²) in [6, 6.07) is -1.45. The van der Waals surface area contributed by atoms with Crippen molar-refractivity contribution >= 4 is 23.7 Å². The smallest absolute Gasteiger partial charge is 0.322 e. The number of nitrogens with one attached hydrogen (secondary N) is 2. The minimum atomic E-state index is -1.15. The average Bonchev–Trinajstić information content (AvgIpc) is 3.00. The molecule has 0 aromatic carbocycles. The molecule has 0 bridgehead atoms. The van der Waals surface area contributed by atoms with E-state index in [1.54, 1.807) is 0 Å². The number of nitrogens with two attached hydrogens (primary N) is 1. The van der Waals surface area contributed by atoms with E-state index in [2.05, 4.69) is 10.6 Å². The van der Waals surface area contributed by atoms with Gasteiger partial charge in [-0.1, -0.05) is 13.8 Å². The highest BCUT2D eigenvalue weighted by Gasteiger charge is 2.37. The minimum absolute atomic E-state index is 0.166. The molecule has 1 saturated heterocycles. The second kappa shape index (κ2) is 9.21. The number of hydrogen-bond acceptors (Lipinski definition) is 5. The molecule has 1 rings (SSSR count). The van der Waals surface area contributed by atoms with Gasteiger partial charge in [0, 0.05) is 6.54 Å². The Labute approximate surface area is 140 Å². The summed E-state index contributed by atoms with van der Waals surface area (Å²) in [7, 11) is 0. The lowest BCUT2D eigenvalue weighted by molar-refractivity contribution is -0.143. The molecule has 24 heavy (non-hydrogen) atoms. The highest BCUT2D eigenvalue weighted by Crippen LogP contribution is 2.20. The molecule has 9 heteroatoms. The summed E-state index contributed by atoms with van der Waals surface area (Å²) in [5, 5.41) is 13.5. The number of carbonyl (C=O) groups is 4. The molecule has 1 heterocycles. The van der Waals surface area contributed by atoms with E-state index in [1.165, 1.54) is 4.90 Å². The molecule has 2 atom stereocenters. The van der Waals surface area contributed by atoms with Crippen LogP contribution in [0.3, 0.4) is 0 Å². The van der Waals surface area contributed by atoms with Crippen LogP contribution in [0.15, 0.2) is 0 Å². The zero-order valence-electron chi connectivity index (χ0n) is 14.1. The van der Waals surface area contributed by atoms with Gasteiger partial charge in [0.2, 0.25) is 17.7 Å². The Morgan fingerprint density at radius 3 is 2.50 bits per heavy atom. The first kappa shape index (κ1) is 19.9. The van der Waals surface area contributed by atoms with E-state index >= 15 is 0 Å². The van der Waals surface area contributed by atoms with E-state index in [0.29, 0.717) is 25.8 Å². The standard InChI is InChI=1S/C15H26N4O5/c1-9(2)6-10(18-12(20)7-16)15(24)19-5-3-4-11(19)14(23)17-8-13(21)22/h9-11H,3-8,16H2,1-2H3,(H,17,23)(H,18,20)(H,21,22). The molecule has 0 aromatic rings. The number of aliphatic carboxylic acids is 1. The molecule has 1 aliphatic heterocycles. The molecule has 9 nitrogen and oxygen atoms in total. The first-order valence-electron chi connectivity index (χ1n) is 8.05. The molecule has 0 saturated carbocycles. The molecule has 1 fully saturated rings. The van der Waals surface area contributed by atoms with Crippen LogP contribution in [0.25, 0.3) is 0 Å². The molecule has 0 aromatic heterocycles. The fourth-order valence-corrected chi connectivity index (χ4v) is 2.73. The number of amides is 3. The topological polar surface area (TPSA) is 142 Å². The van der Waals surface area contributed by atoms with E-state index < -0.39 is 36.4 Å². The molecular formula is C15H26N4O5. The van der Waals surface area contributed by atoms with Crippen LogP contribution in [0.2, 0.25) is 0 Å². The monoisotopic (exact) mass is 342 g/mol. The van der Waals surface area contributed by atoms with Gasteiger partial charge in [0.25, 0.3) is 0 Å². The van der Waals surface area contributed by atoms with Crippen LogP contribution in [0.4, 0.5) is 0 Å². The van der Waals surface area contributed by atoms with Gasteiger partial charge in [-0.25, -0.2) is 0 Å². The Morgan fingerprint density at radius 2 is 1.96 bits per heavy atom. The van der Waals surface area contributed by atoms with Crippen molar-refractivity contribution in [2.24, 2.45) is 11.7 Å². The third-order valence-electron chi connectivity index (χ3n) is 3.78. The number of likely N-dealkylation sites (tertiary alicyclic amines) is 1. The number of nitrogens with zero attached hydrogens (tertiary/aromatic N) is 1. The van der Waals surface area contributed by atoms with Crippen LogP contribution < -0.4 is 16.4 Å². The second-order valence-electron chi connectivity index (χ2n) is 6.25. The van der Waals surface area contributed by atoms with Crippen LogP contribution in [0.1, 0.15) is 33.1 Å². The van der Waals surface area contributed by atoms with Gasteiger partial charge < -0.3 is 26.4 Å². The first-order valence-corrected chi connectivity index (χ1v) is 8.05. The zero-order chi connectivity index (χ0) is 18.3. The number of rotatable bonds is 8. The maximum atomic E-state index is 12.8. The van der Waals surface area contributed by atoms with E-state index in [0.717, 1.165) is 0 Å². The Bertz CT molecular complexity index is 494. The van der Waals surface area contributed by atoms with Gasteiger partial charge in [-0.3, -0.25) is 19.2 Å². The Kier molecular flexibility index (Phi) is 7.63. The summed E-state index contributed by atoms with van der Waals surface area (Å²) in [6.45, 7) is 3.55. The minimum Gasteiger partial charge on any atom is -0.480 e. The molecule has 0 aliphatic carbocycles. The van der Waals surface area contributed by atoms with Crippen molar-refractivity contribution in [1.29, 1.82) is 0 Å². The number of carbonyl (C=O) groups excluding carboxylic acids is 3. The molecular weight excluding hydrogens is 316 g/mol. The zero-order valence-corrected chi connectivity index (χ0v) is 14.1. The quantitative estimate of drug-likeness (QED) is 0.430. The van der Waals surface area contributed by atoms with Crippen LogP contribution >= 0.6 is 0 Å². The van der Waals surface area contributed by atoms with Gasteiger partial charge in [-0.2, -0.15) is 0 Å². The first-order chi connectivity index (χ1) is 11.3. The predicted octanol–water partition coefficient (Wildman–Crippen LogP) is -1.33. The lowest BCUT2D eigenvalue weighted by Crippen LogP contribution is -2.54. The normalized spacial score (nSPS) is 18.3. The van der Waals surface area contributed by atoms with Gasteiger partial charge in [0.15, 0.2) is 0 Å². The third-order valence-corrected chi connectivity index (χ3v) is 3.78. The third kappa shape index (κ3) is 5.80. The number of hydrogen-bond donors (Lipinski definition) is 4. The van der Waals surface area contributed by atoms with Gasteiger partial charge in [-0.15, -0.1) is 0 Å². The Balaban J connectivity index is 2.80. The molecule has 3 amide bonds. The van der Waals surface area contributed by atoms with Crippen molar-refractivity contribution in [1.82, 2.24) is 15.5 Å². The lowest BCUT2D eigenvalue weighted by atomic mass is 10.0. The van der Waals surface area contributed by atoms with Gasteiger partial charge in [0.1, 0.15) is 18.6 Å². The van der Waals surface area contributed by atoms with Crippen molar-refractivity contribution in [3.8, 4) is 0 Å². The van der Waals surface area contributed by atoms with Crippen molar-refractivity contribution in [2.75, 3.05) is 19.6 Å². The van der Waals surface area contributed by atoms with Crippen molar-refractivity contribution in [3.05, 3.63) is 0 Å². The maximum absolute atomic E-state index is 12.8. The summed E-state index contributed by atoms with van der Waals surface area (Å²) < 4.78 is 0. The largest absolute Gasteiger partial charge is 0.480 e. The van der Waals surface area contributed by atoms with Crippen LogP contribution in [-0.4, -0.2) is 65.4 Å². The van der Waals surface area contributed by atoms with E-state index in [1.807, 2.05) is 13.8 Å². The molecule has 1 aliphatic rings. The molecule has 0 radical (unpaired) electrons. The summed E-state index contributed by atoms with van der Waals surface area (Å²) in [4.78, 5) is 48.4.